The summed E-state index contributed by atoms with van der Waals surface area (Å²) in [6.07, 6.45) is 39.6. The summed E-state index contributed by atoms with van der Waals surface area (Å²) in [5.41, 5.74) is 15.1. The Bertz CT molecular complexity index is 1760. The standard InChI is InChI=1S/3C20H32/c3*1-14(2)15-7-9-17-16(13-15)8-10-18-19(3,4)11-6-12-20(17,18)5/h13,17-18H,6-12H2,1-5H3;8,13-14,17-18H,6-7,9-12H2,1-5H3;7,13-14,17-18H,6,8-12H2,1-5H3/t3*17-,18?,20+/m000/s1. The monoisotopic (exact) mass is 817 g/mol. The summed E-state index contributed by atoms with van der Waals surface area (Å²) in [4.78, 5) is 0. The van der Waals surface area contributed by atoms with Gasteiger partial charge >= 0.3 is 0 Å². The first-order valence-corrected chi connectivity index (χ1v) is 26.2. The average Bonchev–Trinajstić information content (AvgIpc) is 3.17. The van der Waals surface area contributed by atoms with E-state index in [0.717, 1.165) is 41.4 Å². The van der Waals surface area contributed by atoms with Crippen molar-refractivity contribution in [2.75, 3.05) is 0 Å². The van der Waals surface area contributed by atoms with Crippen molar-refractivity contribution in [2.45, 2.75) is 226 Å². The lowest BCUT2D eigenvalue weighted by atomic mass is 9.46. The van der Waals surface area contributed by atoms with Gasteiger partial charge in [0.1, 0.15) is 0 Å². The van der Waals surface area contributed by atoms with Crippen molar-refractivity contribution in [3.8, 4) is 0 Å². The fourth-order valence-corrected chi connectivity index (χ4v) is 17.3. The van der Waals surface area contributed by atoms with Crippen molar-refractivity contribution in [3.05, 3.63) is 69.4 Å². The highest BCUT2D eigenvalue weighted by atomic mass is 14.6. The Labute approximate surface area is 373 Å². The molecule has 0 bridgehead atoms. The van der Waals surface area contributed by atoms with E-state index in [1.54, 1.807) is 33.4 Å². The zero-order valence-electron chi connectivity index (χ0n) is 42.4. The van der Waals surface area contributed by atoms with Crippen LogP contribution in [0.15, 0.2) is 69.4 Å². The minimum atomic E-state index is 0.539. The first-order chi connectivity index (χ1) is 28.0. The molecule has 0 N–H and O–H groups in total. The molecule has 5 saturated carbocycles. The molecule has 0 aromatic rings. The van der Waals surface area contributed by atoms with E-state index in [9.17, 15) is 0 Å². The normalized spacial score (nSPS) is 39.7. The Balaban J connectivity index is 0.000000136. The van der Waals surface area contributed by atoms with Gasteiger partial charge in [-0.1, -0.05) is 162 Å². The van der Waals surface area contributed by atoms with Gasteiger partial charge in [0.2, 0.25) is 0 Å². The maximum atomic E-state index is 2.63. The first-order valence-electron chi connectivity index (χ1n) is 26.2. The maximum Gasteiger partial charge on any atom is -0.0105 e. The fourth-order valence-electron chi connectivity index (χ4n) is 17.3. The molecule has 9 aliphatic carbocycles. The third kappa shape index (κ3) is 8.55. The van der Waals surface area contributed by atoms with E-state index in [1.165, 1.54) is 128 Å². The second-order valence-corrected chi connectivity index (χ2v) is 26.4. The number of hydrogen-bond donors (Lipinski definition) is 0. The Hall–Kier alpha value is -1.56. The van der Waals surface area contributed by atoms with Crippen LogP contribution in [-0.2, 0) is 0 Å². The van der Waals surface area contributed by atoms with Gasteiger partial charge in [-0.25, -0.2) is 0 Å². The van der Waals surface area contributed by atoms with Crippen LogP contribution in [0.2, 0.25) is 0 Å². The lowest BCUT2D eigenvalue weighted by molar-refractivity contribution is -0.0551. The molecule has 0 saturated heterocycles. The number of rotatable bonds is 2. The lowest BCUT2D eigenvalue weighted by Crippen LogP contribution is -2.50. The predicted octanol–water partition coefficient (Wildman–Crippen LogP) is 18.6. The average molecular weight is 817 g/mol. The molecule has 3 unspecified atom stereocenters. The molecule has 0 aromatic heterocycles. The molecule has 0 spiro atoms. The smallest absolute Gasteiger partial charge is 0.0105 e. The molecule has 0 amide bonds. The van der Waals surface area contributed by atoms with E-state index in [0.29, 0.717) is 38.4 Å². The summed E-state index contributed by atoms with van der Waals surface area (Å²) in [6, 6.07) is 0. The second kappa shape index (κ2) is 17.1. The van der Waals surface area contributed by atoms with Gasteiger partial charge < -0.3 is 0 Å². The van der Waals surface area contributed by atoms with Gasteiger partial charge in [0.05, 0.1) is 0 Å². The first kappa shape index (κ1) is 46.4. The van der Waals surface area contributed by atoms with Gasteiger partial charge in [-0.2, -0.15) is 0 Å². The zero-order chi connectivity index (χ0) is 43.6. The summed E-state index contributed by atoms with van der Waals surface area (Å²) in [7, 11) is 0. The third-order valence-corrected chi connectivity index (χ3v) is 20.7. The Morgan fingerprint density at radius 2 is 0.983 bits per heavy atom. The molecule has 0 nitrogen and oxygen atoms in total. The summed E-state index contributed by atoms with van der Waals surface area (Å²) < 4.78 is 0. The van der Waals surface area contributed by atoms with E-state index in [4.69, 9.17) is 0 Å². The minimum absolute atomic E-state index is 0.539. The Morgan fingerprint density at radius 3 is 1.52 bits per heavy atom. The van der Waals surface area contributed by atoms with Crippen LogP contribution < -0.4 is 0 Å². The van der Waals surface area contributed by atoms with Crippen molar-refractivity contribution in [2.24, 2.45) is 79.8 Å². The third-order valence-electron chi connectivity index (χ3n) is 20.7. The molecule has 0 aliphatic heterocycles. The highest BCUT2D eigenvalue weighted by Gasteiger charge is 2.55. The quantitative estimate of drug-likeness (QED) is 0.260. The molecule has 0 heterocycles. The summed E-state index contributed by atoms with van der Waals surface area (Å²) in [5.74, 6) is 6.74. The van der Waals surface area contributed by atoms with E-state index >= 15 is 0 Å². The highest BCUT2D eigenvalue weighted by Crippen LogP contribution is 2.65. The van der Waals surface area contributed by atoms with Gasteiger partial charge in [-0.15, -0.1) is 0 Å². The van der Waals surface area contributed by atoms with Crippen LogP contribution in [0, 0.1) is 79.8 Å². The lowest BCUT2D eigenvalue weighted by Gasteiger charge is -2.59. The summed E-state index contributed by atoms with van der Waals surface area (Å²) in [5, 5.41) is 0. The number of allylic oxidation sites excluding steroid dienone is 12. The molecule has 336 valence electrons. The van der Waals surface area contributed by atoms with Crippen molar-refractivity contribution in [3.63, 3.8) is 0 Å². The largest absolute Gasteiger partial charge is 0.0807 e. The van der Waals surface area contributed by atoms with Crippen molar-refractivity contribution in [1.29, 1.82) is 0 Å². The molecular formula is C60H96. The molecule has 0 aromatic carbocycles. The molecule has 9 aliphatic rings. The van der Waals surface area contributed by atoms with Crippen LogP contribution in [0.3, 0.4) is 0 Å². The van der Waals surface area contributed by atoms with E-state index in [1.807, 2.05) is 0 Å². The van der Waals surface area contributed by atoms with Gasteiger partial charge in [0, 0.05) is 0 Å². The van der Waals surface area contributed by atoms with Crippen LogP contribution in [-0.4, -0.2) is 0 Å². The van der Waals surface area contributed by atoms with Crippen molar-refractivity contribution in [1.82, 2.24) is 0 Å². The molecular weight excluding hydrogens is 721 g/mol. The van der Waals surface area contributed by atoms with E-state index in [-0.39, 0.29) is 0 Å². The molecule has 60 heavy (non-hydrogen) atoms. The Kier molecular flexibility index (Phi) is 13.2. The highest BCUT2D eigenvalue weighted by molar-refractivity contribution is 5.37. The van der Waals surface area contributed by atoms with Gasteiger partial charge in [0.25, 0.3) is 0 Å². The predicted molar refractivity (Wildman–Crippen MR) is 263 cm³/mol. The van der Waals surface area contributed by atoms with Gasteiger partial charge in [0.15, 0.2) is 0 Å². The fraction of sp³-hybridized carbons (Fsp3) is 0.800. The molecule has 0 radical (unpaired) electrons. The van der Waals surface area contributed by atoms with Crippen LogP contribution in [0.25, 0.3) is 0 Å². The van der Waals surface area contributed by atoms with Crippen LogP contribution in [0.4, 0.5) is 0 Å². The summed E-state index contributed by atoms with van der Waals surface area (Å²) in [6.45, 7) is 37.0. The van der Waals surface area contributed by atoms with Gasteiger partial charge in [-0.05, 0) is 213 Å². The number of fused-ring (bicyclic) bond motifs is 9. The maximum absolute atomic E-state index is 2.63. The molecule has 0 heteroatoms. The van der Waals surface area contributed by atoms with Crippen molar-refractivity contribution >= 4 is 0 Å². The van der Waals surface area contributed by atoms with Crippen molar-refractivity contribution < 1.29 is 0 Å². The van der Waals surface area contributed by atoms with Crippen LogP contribution in [0.5, 0.6) is 0 Å². The van der Waals surface area contributed by atoms with E-state index < -0.39 is 0 Å². The van der Waals surface area contributed by atoms with E-state index in [2.05, 4.69) is 134 Å². The molecule has 9 atom stereocenters. The van der Waals surface area contributed by atoms with Gasteiger partial charge in [-0.3, -0.25) is 0 Å². The number of hydrogen-bond acceptors (Lipinski definition) is 0. The molecule has 5 fully saturated rings. The van der Waals surface area contributed by atoms with Crippen LogP contribution >= 0.6 is 0 Å². The zero-order valence-corrected chi connectivity index (χ0v) is 42.4. The second-order valence-electron chi connectivity index (χ2n) is 26.4. The minimum Gasteiger partial charge on any atom is -0.0807 e. The topological polar surface area (TPSA) is 0 Å². The summed E-state index contributed by atoms with van der Waals surface area (Å²) >= 11 is 0. The Morgan fingerprint density at radius 1 is 0.483 bits per heavy atom. The van der Waals surface area contributed by atoms with Crippen LogP contribution in [0.1, 0.15) is 226 Å². The molecule has 9 rings (SSSR count). The SMILES string of the molecule is CC(C)=C1C=C2CCC3C(C)(C)CCC[C@]3(C)[C@H]2CC1.CC(C)C1=CC2=CCC3C(C)(C)CCC[C@]3(C)[C@H]2CC1.CC(C)C1=CC[C@H]2C(=C1)CCC1C(C)(C)CCC[C@@]12C.